The normalized spacial score (nSPS) is 11.3. The van der Waals surface area contributed by atoms with Crippen LogP contribution in [0, 0.1) is 19.7 Å². The number of aromatic nitrogens is 1. The van der Waals surface area contributed by atoms with Crippen molar-refractivity contribution in [2.24, 2.45) is 0 Å². The molecule has 3 rings (SSSR count). The number of carbonyl (C=O) groups is 1. The van der Waals surface area contributed by atoms with Gasteiger partial charge in [0.1, 0.15) is 5.82 Å². The van der Waals surface area contributed by atoms with Gasteiger partial charge >= 0.3 is 0 Å². The van der Waals surface area contributed by atoms with Crippen LogP contribution in [0.1, 0.15) is 21.5 Å². The van der Waals surface area contributed by atoms with Gasteiger partial charge in [0.25, 0.3) is 5.91 Å². The quantitative estimate of drug-likeness (QED) is 0.672. The number of rotatable bonds is 5. The number of anilines is 1. The number of hydrogen-bond donors (Lipinski definition) is 0. The van der Waals surface area contributed by atoms with Gasteiger partial charge in [-0.2, -0.15) is 0 Å². The fraction of sp³-hybridized carbons (Fsp3) is 0.300. The molecule has 0 aliphatic carbocycles. The summed E-state index contributed by atoms with van der Waals surface area (Å²) in [7, 11) is 3.88. The summed E-state index contributed by atoms with van der Waals surface area (Å²) in [5, 5.41) is 0.601. The van der Waals surface area contributed by atoms with Gasteiger partial charge in [-0.3, -0.25) is 9.69 Å². The summed E-state index contributed by atoms with van der Waals surface area (Å²) in [5.41, 5.74) is 3.20. The lowest BCUT2D eigenvalue weighted by Gasteiger charge is -2.22. The fourth-order valence-electron chi connectivity index (χ4n) is 2.84. The zero-order chi connectivity index (χ0) is 18.8. The number of aryl methyl sites for hydroxylation is 2. The summed E-state index contributed by atoms with van der Waals surface area (Å²) < 4.78 is 15.2. The molecule has 4 nitrogen and oxygen atoms in total. The summed E-state index contributed by atoms with van der Waals surface area (Å²) in [6, 6.07) is 10.2. The minimum atomic E-state index is -0.513. The van der Waals surface area contributed by atoms with Crippen molar-refractivity contribution in [3.63, 3.8) is 0 Å². The Morgan fingerprint density at radius 2 is 1.88 bits per heavy atom. The van der Waals surface area contributed by atoms with Crippen molar-refractivity contribution < 1.29 is 9.18 Å². The molecule has 0 N–H and O–H groups in total. The van der Waals surface area contributed by atoms with Crippen LogP contribution in [0.2, 0.25) is 0 Å². The number of halogens is 1. The lowest BCUT2D eigenvalue weighted by molar-refractivity contribution is 0.0981. The van der Waals surface area contributed by atoms with Gasteiger partial charge in [-0.15, -0.1) is 0 Å². The van der Waals surface area contributed by atoms with Crippen LogP contribution in [-0.2, 0) is 0 Å². The van der Waals surface area contributed by atoms with E-state index >= 15 is 0 Å². The van der Waals surface area contributed by atoms with Crippen molar-refractivity contribution >= 4 is 32.6 Å². The van der Waals surface area contributed by atoms with E-state index in [1.54, 1.807) is 17.0 Å². The van der Waals surface area contributed by atoms with E-state index in [9.17, 15) is 9.18 Å². The summed E-state index contributed by atoms with van der Waals surface area (Å²) in [6.45, 7) is 5.16. The van der Waals surface area contributed by atoms with Crippen molar-refractivity contribution in [1.82, 2.24) is 9.88 Å². The Balaban J connectivity index is 2.05. The first kappa shape index (κ1) is 18.5. The van der Waals surface area contributed by atoms with E-state index < -0.39 is 5.82 Å². The summed E-state index contributed by atoms with van der Waals surface area (Å²) in [5.74, 6) is -0.876. The van der Waals surface area contributed by atoms with E-state index in [1.807, 2.05) is 32.8 Å². The number of likely N-dealkylation sites (N-methyl/N-ethyl adjacent to an activating group) is 1. The molecule has 0 radical (unpaired) electrons. The molecule has 0 aliphatic rings. The zero-order valence-corrected chi connectivity index (χ0v) is 16.2. The van der Waals surface area contributed by atoms with Crippen molar-refractivity contribution in [2.75, 3.05) is 32.1 Å². The van der Waals surface area contributed by atoms with Crippen LogP contribution >= 0.6 is 11.3 Å². The molecule has 0 saturated carbocycles. The molecule has 6 heteroatoms. The maximum absolute atomic E-state index is 14.2. The number of carbonyl (C=O) groups excluding carboxylic acids is 1. The van der Waals surface area contributed by atoms with Gasteiger partial charge in [-0.1, -0.05) is 29.5 Å². The molecule has 2 aromatic carbocycles. The molecule has 0 saturated heterocycles. The number of thiazole rings is 1. The van der Waals surface area contributed by atoms with Gasteiger partial charge < -0.3 is 4.90 Å². The number of amides is 1. The van der Waals surface area contributed by atoms with Crippen molar-refractivity contribution in [3.05, 3.63) is 58.9 Å². The largest absolute Gasteiger partial charge is 0.308 e. The van der Waals surface area contributed by atoms with E-state index in [2.05, 4.69) is 12.1 Å². The SMILES string of the molecule is Cc1cc(C)c2nc(N(CCN(C)C)C(=O)c3ccccc3F)sc2c1. The van der Waals surface area contributed by atoms with Crippen molar-refractivity contribution in [2.45, 2.75) is 13.8 Å². The van der Waals surface area contributed by atoms with Gasteiger partial charge in [-0.05, 0) is 57.3 Å². The van der Waals surface area contributed by atoms with Crippen molar-refractivity contribution in [1.29, 1.82) is 0 Å². The van der Waals surface area contributed by atoms with Gasteiger partial charge in [0.2, 0.25) is 0 Å². The van der Waals surface area contributed by atoms with Gasteiger partial charge in [0.15, 0.2) is 5.13 Å². The average Bonchev–Trinajstić information content (AvgIpc) is 2.99. The lowest BCUT2D eigenvalue weighted by atomic mass is 10.1. The van der Waals surface area contributed by atoms with Gasteiger partial charge in [-0.25, -0.2) is 9.37 Å². The third kappa shape index (κ3) is 3.76. The molecular weight excluding hydrogens is 349 g/mol. The molecule has 1 heterocycles. The van der Waals surface area contributed by atoms with Crippen molar-refractivity contribution in [3.8, 4) is 0 Å². The monoisotopic (exact) mass is 371 g/mol. The first-order chi connectivity index (χ1) is 12.4. The molecule has 0 bridgehead atoms. The minimum absolute atomic E-state index is 0.0680. The highest BCUT2D eigenvalue weighted by molar-refractivity contribution is 7.22. The van der Waals surface area contributed by atoms with Gasteiger partial charge in [0, 0.05) is 13.1 Å². The highest BCUT2D eigenvalue weighted by Gasteiger charge is 2.24. The Morgan fingerprint density at radius 1 is 1.15 bits per heavy atom. The molecule has 0 spiro atoms. The molecule has 26 heavy (non-hydrogen) atoms. The van der Waals surface area contributed by atoms with Crippen LogP contribution in [0.25, 0.3) is 10.2 Å². The van der Waals surface area contributed by atoms with Crippen LogP contribution in [-0.4, -0.2) is 43.0 Å². The predicted molar refractivity (Wildman–Crippen MR) is 106 cm³/mol. The van der Waals surface area contributed by atoms with Crippen LogP contribution in [0.15, 0.2) is 36.4 Å². The second kappa shape index (κ2) is 7.51. The molecule has 0 aliphatic heterocycles. The molecule has 0 fully saturated rings. The Kier molecular flexibility index (Phi) is 5.34. The Bertz CT molecular complexity index is 951. The first-order valence-electron chi connectivity index (χ1n) is 8.45. The third-order valence-corrected chi connectivity index (χ3v) is 5.20. The predicted octanol–water partition coefficient (Wildman–Crippen LogP) is 4.26. The number of hydrogen-bond acceptors (Lipinski definition) is 4. The van der Waals surface area contributed by atoms with E-state index in [1.165, 1.54) is 23.5 Å². The molecule has 0 unspecified atom stereocenters. The van der Waals surface area contributed by atoms with E-state index in [0.29, 0.717) is 18.2 Å². The second-order valence-corrected chi connectivity index (χ2v) is 7.67. The topological polar surface area (TPSA) is 36.4 Å². The van der Waals surface area contributed by atoms with Crippen LogP contribution < -0.4 is 4.90 Å². The van der Waals surface area contributed by atoms with E-state index in [0.717, 1.165) is 21.3 Å². The highest BCUT2D eigenvalue weighted by atomic mass is 32.1. The average molecular weight is 371 g/mol. The zero-order valence-electron chi connectivity index (χ0n) is 15.4. The van der Waals surface area contributed by atoms with E-state index in [4.69, 9.17) is 4.98 Å². The number of fused-ring (bicyclic) bond motifs is 1. The first-order valence-corrected chi connectivity index (χ1v) is 9.27. The number of benzene rings is 2. The Hall–Kier alpha value is -2.31. The van der Waals surface area contributed by atoms with E-state index in [-0.39, 0.29) is 11.5 Å². The second-order valence-electron chi connectivity index (χ2n) is 6.66. The molecule has 1 aromatic heterocycles. The fourth-order valence-corrected chi connectivity index (χ4v) is 4.00. The highest BCUT2D eigenvalue weighted by Crippen LogP contribution is 2.32. The summed E-state index contributed by atoms with van der Waals surface area (Å²) in [6.07, 6.45) is 0. The maximum atomic E-state index is 14.2. The molecule has 3 aromatic rings. The Labute approximate surface area is 156 Å². The standard InChI is InChI=1S/C20H22FN3OS/c1-13-11-14(2)18-17(12-13)26-20(22-18)24(10-9-23(3)4)19(25)15-7-5-6-8-16(15)21/h5-8,11-12H,9-10H2,1-4H3. The van der Waals surface area contributed by atoms with Gasteiger partial charge in [0.05, 0.1) is 15.8 Å². The van der Waals surface area contributed by atoms with Crippen LogP contribution in [0.4, 0.5) is 9.52 Å². The molecule has 0 atom stereocenters. The molecule has 1 amide bonds. The molecular formula is C20H22FN3OS. The van der Waals surface area contributed by atoms with Crippen LogP contribution in [0.3, 0.4) is 0 Å². The third-order valence-electron chi connectivity index (χ3n) is 4.17. The van der Waals surface area contributed by atoms with Crippen LogP contribution in [0.5, 0.6) is 0 Å². The minimum Gasteiger partial charge on any atom is -0.308 e. The maximum Gasteiger partial charge on any atom is 0.263 e. The number of nitrogens with zero attached hydrogens (tertiary/aromatic N) is 3. The summed E-state index contributed by atoms with van der Waals surface area (Å²) >= 11 is 1.47. The molecule has 136 valence electrons. The summed E-state index contributed by atoms with van der Waals surface area (Å²) in [4.78, 5) is 21.3. The Morgan fingerprint density at radius 3 is 2.58 bits per heavy atom. The smallest absolute Gasteiger partial charge is 0.263 e. The lowest BCUT2D eigenvalue weighted by Crippen LogP contribution is -2.37.